The lowest BCUT2D eigenvalue weighted by Gasteiger charge is -2.28. The van der Waals surface area contributed by atoms with Crippen LogP contribution in [0, 0.1) is 11.3 Å². The number of nitrogens with zero attached hydrogens (tertiary/aromatic N) is 1. The molecule has 1 fully saturated rings. The Balaban J connectivity index is 2.69. The van der Waals surface area contributed by atoms with Gasteiger partial charge < -0.3 is 15.3 Å². The summed E-state index contributed by atoms with van der Waals surface area (Å²) >= 11 is 0. The van der Waals surface area contributed by atoms with Gasteiger partial charge >= 0.3 is 5.97 Å². The number of likely N-dealkylation sites (tertiary alicyclic amines) is 1. The summed E-state index contributed by atoms with van der Waals surface area (Å²) < 4.78 is 0. The first kappa shape index (κ1) is 14.5. The summed E-state index contributed by atoms with van der Waals surface area (Å²) in [5.41, 5.74) is -0.573. The molecule has 18 heavy (non-hydrogen) atoms. The van der Waals surface area contributed by atoms with Gasteiger partial charge in [0.1, 0.15) is 6.04 Å². The van der Waals surface area contributed by atoms with Crippen LogP contribution in [-0.4, -0.2) is 47.4 Å². The van der Waals surface area contributed by atoms with Crippen LogP contribution in [0.25, 0.3) is 0 Å². The monoisotopic (exact) mass is 256 g/mol. The van der Waals surface area contributed by atoms with Crippen molar-refractivity contribution in [2.75, 3.05) is 13.6 Å². The van der Waals surface area contributed by atoms with Gasteiger partial charge in [-0.3, -0.25) is 9.59 Å². The minimum absolute atomic E-state index is 0.0854. The summed E-state index contributed by atoms with van der Waals surface area (Å²) in [6.07, 6.45) is 0.152. The fourth-order valence-corrected chi connectivity index (χ4v) is 1.95. The van der Waals surface area contributed by atoms with Crippen LogP contribution < -0.4 is 5.32 Å². The molecule has 0 spiro atoms. The molecule has 1 heterocycles. The molecule has 1 aliphatic heterocycles. The molecule has 2 N–H and O–H groups in total. The zero-order valence-electron chi connectivity index (χ0n) is 11.2. The minimum Gasteiger partial charge on any atom is -0.480 e. The maximum Gasteiger partial charge on any atom is 0.326 e. The molecule has 1 unspecified atom stereocenters. The minimum atomic E-state index is -1.06. The van der Waals surface area contributed by atoms with Crippen LogP contribution in [0.3, 0.4) is 0 Å². The third kappa shape index (κ3) is 3.21. The highest BCUT2D eigenvalue weighted by atomic mass is 16.4. The predicted octanol–water partition coefficient (Wildman–Crippen LogP) is 0.0802. The Morgan fingerprint density at radius 2 is 2.00 bits per heavy atom. The van der Waals surface area contributed by atoms with E-state index in [4.69, 9.17) is 5.11 Å². The summed E-state index contributed by atoms with van der Waals surface area (Å²) in [6.45, 7) is 5.59. The van der Waals surface area contributed by atoms with Gasteiger partial charge in [0, 0.05) is 20.0 Å². The highest BCUT2D eigenvalue weighted by Crippen LogP contribution is 2.21. The number of carboxylic acid groups (broad SMARTS) is 1. The Morgan fingerprint density at radius 3 is 2.33 bits per heavy atom. The molecule has 102 valence electrons. The van der Waals surface area contributed by atoms with E-state index in [1.54, 1.807) is 27.8 Å². The Labute approximate surface area is 106 Å². The second-order valence-electron chi connectivity index (χ2n) is 5.82. The van der Waals surface area contributed by atoms with Crippen LogP contribution in [-0.2, 0) is 14.4 Å². The van der Waals surface area contributed by atoms with Gasteiger partial charge in [0.2, 0.25) is 11.8 Å². The molecule has 0 aromatic heterocycles. The number of carboxylic acids is 1. The second-order valence-corrected chi connectivity index (χ2v) is 5.82. The van der Waals surface area contributed by atoms with Gasteiger partial charge in [0.15, 0.2) is 0 Å². The lowest BCUT2D eigenvalue weighted by atomic mass is 9.86. The van der Waals surface area contributed by atoms with Gasteiger partial charge in [0.25, 0.3) is 0 Å². The zero-order chi connectivity index (χ0) is 14.1. The summed E-state index contributed by atoms with van der Waals surface area (Å²) in [6, 6.07) is -0.953. The van der Waals surface area contributed by atoms with Crippen molar-refractivity contribution in [1.82, 2.24) is 10.2 Å². The molecule has 1 aliphatic rings. The van der Waals surface area contributed by atoms with Crippen molar-refractivity contribution in [1.29, 1.82) is 0 Å². The summed E-state index contributed by atoms with van der Waals surface area (Å²) in [4.78, 5) is 35.9. The van der Waals surface area contributed by atoms with Crippen LogP contribution >= 0.6 is 0 Å². The van der Waals surface area contributed by atoms with Gasteiger partial charge in [0.05, 0.1) is 5.92 Å². The van der Waals surface area contributed by atoms with E-state index >= 15 is 0 Å². The van der Waals surface area contributed by atoms with Crippen molar-refractivity contribution >= 4 is 17.8 Å². The van der Waals surface area contributed by atoms with Crippen LogP contribution in [0.5, 0.6) is 0 Å². The number of hydrogen-bond acceptors (Lipinski definition) is 3. The fraction of sp³-hybridized carbons (Fsp3) is 0.750. The third-order valence-corrected chi connectivity index (χ3v) is 3.11. The second kappa shape index (κ2) is 4.96. The van der Waals surface area contributed by atoms with Crippen LogP contribution in [0.15, 0.2) is 0 Å². The van der Waals surface area contributed by atoms with E-state index in [1.165, 1.54) is 4.90 Å². The van der Waals surface area contributed by atoms with Gasteiger partial charge in [-0.2, -0.15) is 0 Å². The summed E-state index contributed by atoms with van der Waals surface area (Å²) in [5.74, 6) is -1.96. The van der Waals surface area contributed by atoms with Gasteiger partial charge in [-0.15, -0.1) is 0 Å². The quantitative estimate of drug-likeness (QED) is 0.748. The van der Waals surface area contributed by atoms with Gasteiger partial charge in [-0.05, 0) is 5.41 Å². The molecule has 1 saturated heterocycles. The largest absolute Gasteiger partial charge is 0.480 e. The molecular formula is C12H20N2O4. The molecule has 2 amide bonds. The van der Waals surface area contributed by atoms with E-state index < -0.39 is 23.3 Å². The predicted molar refractivity (Wildman–Crippen MR) is 64.8 cm³/mol. The number of carbonyl (C=O) groups excluding carboxylic acids is 2. The molecule has 6 nitrogen and oxygen atoms in total. The fourth-order valence-electron chi connectivity index (χ4n) is 1.95. The number of hydrogen-bond donors (Lipinski definition) is 2. The van der Waals surface area contributed by atoms with Gasteiger partial charge in [-0.1, -0.05) is 20.8 Å². The summed E-state index contributed by atoms with van der Waals surface area (Å²) in [7, 11) is 1.63. The topological polar surface area (TPSA) is 86.7 Å². The maximum atomic E-state index is 11.9. The van der Waals surface area contributed by atoms with Crippen LogP contribution in [0.4, 0.5) is 0 Å². The molecule has 0 aromatic rings. The van der Waals surface area contributed by atoms with Crippen molar-refractivity contribution in [2.45, 2.75) is 33.2 Å². The lowest BCUT2D eigenvalue weighted by Crippen LogP contribution is -2.51. The Morgan fingerprint density at radius 1 is 1.44 bits per heavy atom. The average molecular weight is 256 g/mol. The Bertz CT molecular complexity index is 373. The third-order valence-electron chi connectivity index (χ3n) is 3.11. The Kier molecular flexibility index (Phi) is 3.98. The van der Waals surface area contributed by atoms with E-state index in [-0.39, 0.29) is 18.2 Å². The van der Waals surface area contributed by atoms with Crippen LogP contribution in [0.1, 0.15) is 27.2 Å². The van der Waals surface area contributed by atoms with Gasteiger partial charge in [-0.25, -0.2) is 4.79 Å². The first-order valence-electron chi connectivity index (χ1n) is 5.90. The molecule has 0 bridgehead atoms. The molecule has 0 aliphatic carbocycles. The number of nitrogens with one attached hydrogen (secondary N) is 1. The van der Waals surface area contributed by atoms with Crippen molar-refractivity contribution in [3.8, 4) is 0 Å². The van der Waals surface area contributed by atoms with E-state index in [0.717, 1.165) is 0 Å². The molecule has 6 heteroatoms. The average Bonchev–Trinajstić information content (AvgIpc) is 2.53. The molecule has 0 saturated carbocycles. The van der Waals surface area contributed by atoms with E-state index in [1.807, 2.05) is 0 Å². The number of rotatable bonds is 3. The first-order valence-corrected chi connectivity index (χ1v) is 5.90. The van der Waals surface area contributed by atoms with E-state index in [0.29, 0.717) is 6.54 Å². The molecule has 0 radical (unpaired) electrons. The number of carbonyl (C=O) groups is 3. The van der Waals surface area contributed by atoms with E-state index in [9.17, 15) is 14.4 Å². The Hall–Kier alpha value is -1.59. The highest BCUT2D eigenvalue weighted by molar-refractivity contribution is 5.91. The maximum absolute atomic E-state index is 11.9. The molecule has 1 rings (SSSR count). The molecule has 0 aromatic carbocycles. The lowest BCUT2D eigenvalue weighted by molar-refractivity contribution is -0.145. The first-order chi connectivity index (χ1) is 8.12. The molecule has 2 atom stereocenters. The van der Waals surface area contributed by atoms with E-state index in [2.05, 4.69) is 5.32 Å². The van der Waals surface area contributed by atoms with Crippen molar-refractivity contribution in [2.24, 2.45) is 11.3 Å². The smallest absolute Gasteiger partial charge is 0.326 e. The number of aliphatic carboxylic acids is 1. The summed E-state index contributed by atoms with van der Waals surface area (Å²) in [5, 5.41) is 11.6. The van der Waals surface area contributed by atoms with Crippen molar-refractivity contribution < 1.29 is 19.5 Å². The standard InChI is InChI=1S/C12H20N2O4/c1-12(2,3)9(11(17)18)13-10(16)7-5-8(15)14(4)6-7/h7,9H,5-6H2,1-4H3,(H,13,16)(H,17,18)/t7?,9-/m0/s1. The highest BCUT2D eigenvalue weighted by Gasteiger charge is 2.37. The van der Waals surface area contributed by atoms with Crippen molar-refractivity contribution in [3.05, 3.63) is 0 Å². The normalized spacial score (nSPS) is 21.9. The van der Waals surface area contributed by atoms with Crippen molar-refractivity contribution in [3.63, 3.8) is 0 Å². The molecular weight excluding hydrogens is 236 g/mol. The SMILES string of the molecule is CN1CC(C(=O)N[C@@H](C(=O)O)C(C)(C)C)CC1=O. The zero-order valence-corrected chi connectivity index (χ0v) is 11.2. The number of amides is 2. The van der Waals surface area contributed by atoms with Crippen LogP contribution in [0.2, 0.25) is 0 Å².